The number of carbonyl (C=O) groups is 2. The maximum absolute atomic E-state index is 13.5. The predicted octanol–water partition coefficient (Wildman–Crippen LogP) is 6.68. The number of aliphatic hydroxyl groups is 1. The summed E-state index contributed by atoms with van der Waals surface area (Å²) in [4.78, 5) is 28.3. The van der Waals surface area contributed by atoms with Crippen LogP contribution in [0.1, 0.15) is 57.2 Å². The molecule has 4 rings (SSSR count). The number of methoxy groups -OCH3 is 1. The molecule has 7 nitrogen and oxygen atoms in total. The van der Waals surface area contributed by atoms with Gasteiger partial charge in [0, 0.05) is 11.3 Å². The van der Waals surface area contributed by atoms with Crippen LogP contribution < -0.4 is 19.1 Å². The van der Waals surface area contributed by atoms with Crippen molar-refractivity contribution < 1.29 is 28.9 Å². The number of ketones is 1. The van der Waals surface area contributed by atoms with Crippen molar-refractivity contribution in [3.05, 3.63) is 89.5 Å². The van der Waals surface area contributed by atoms with Gasteiger partial charge in [0.1, 0.15) is 23.0 Å². The molecule has 0 bridgehead atoms. The number of ether oxygens (including phenoxy) is 3. The van der Waals surface area contributed by atoms with Crippen molar-refractivity contribution in [2.75, 3.05) is 18.6 Å². The molecule has 0 aliphatic carbocycles. The molecule has 204 valence electrons. The zero-order valence-corrected chi connectivity index (χ0v) is 22.8. The van der Waals surface area contributed by atoms with E-state index in [4.69, 9.17) is 14.2 Å². The number of carbonyl (C=O) groups excluding carboxylic acids is 2. The number of unbranched alkanes of at least 4 members (excludes halogenated alkanes) is 2. The number of hydrogen-bond acceptors (Lipinski definition) is 6. The van der Waals surface area contributed by atoms with E-state index in [1.807, 2.05) is 32.0 Å². The Balaban J connectivity index is 1.77. The minimum Gasteiger partial charge on any atom is -0.507 e. The first kappa shape index (κ1) is 27.8. The zero-order valence-electron chi connectivity index (χ0n) is 22.8. The summed E-state index contributed by atoms with van der Waals surface area (Å²) in [7, 11) is 1.56. The molecule has 1 atom stereocenters. The molecule has 1 N–H and O–H groups in total. The highest BCUT2D eigenvalue weighted by atomic mass is 16.5. The number of Topliss-reactive ketones (excluding diaryl/α,β-unsaturated/α-hetero) is 1. The van der Waals surface area contributed by atoms with Crippen molar-refractivity contribution in [2.24, 2.45) is 0 Å². The standard InChI is InChI=1S/C32H35NO6/c1-5-6-7-19-38-26-15-11-22(12-16-26)30(34)28-29(23-9-8-10-27(20-23)39-21(2)3)33(32(36)31(28)35)24-13-17-25(37-4)18-14-24/h8-18,20-21,29,34H,5-7,19H2,1-4H3/b30-28-. The van der Waals surface area contributed by atoms with Crippen LogP contribution in [0.5, 0.6) is 17.2 Å². The summed E-state index contributed by atoms with van der Waals surface area (Å²) < 4.78 is 16.9. The van der Waals surface area contributed by atoms with E-state index in [1.54, 1.807) is 61.7 Å². The Kier molecular flexibility index (Phi) is 8.92. The van der Waals surface area contributed by atoms with E-state index in [2.05, 4.69) is 6.92 Å². The van der Waals surface area contributed by atoms with Crippen LogP contribution >= 0.6 is 0 Å². The third-order valence-corrected chi connectivity index (χ3v) is 6.49. The molecule has 1 heterocycles. The Labute approximate surface area is 229 Å². The molecule has 0 spiro atoms. The van der Waals surface area contributed by atoms with E-state index < -0.39 is 17.7 Å². The molecule has 1 aliphatic rings. The molecule has 1 fully saturated rings. The number of nitrogens with zero attached hydrogens (tertiary/aromatic N) is 1. The summed E-state index contributed by atoms with van der Waals surface area (Å²) >= 11 is 0. The zero-order chi connectivity index (χ0) is 27.9. The minimum atomic E-state index is -0.862. The van der Waals surface area contributed by atoms with Crippen molar-refractivity contribution in [3.63, 3.8) is 0 Å². The van der Waals surface area contributed by atoms with E-state index in [0.29, 0.717) is 40.7 Å². The second-order valence-electron chi connectivity index (χ2n) is 9.69. The fraction of sp³-hybridized carbons (Fsp3) is 0.312. The van der Waals surface area contributed by atoms with Crippen LogP contribution in [-0.4, -0.2) is 36.6 Å². The van der Waals surface area contributed by atoms with E-state index in [1.165, 1.54) is 4.90 Å². The number of rotatable bonds is 11. The van der Waals surface area contributed by atoms with Crippen molar-refractivity contribution >= 4 is 23.1 Å². The van der Waals surface area contributed by atoms with Crippen LogP contribution in [0, 0.1) is 0 Å². The highest BCUT2D eigenvalue weighted by Crippen LogP contribution is 2.43. The molecule has 0 aromatic heterocycles. The monoisotopic (exact) mass is 529 g/mol. The van der Waals surface area contributed by atoms with Gasteiger partial charge >= 0.3 is 0 Å². The molecule has 0 saturated carbocycles. The van der Waals surface area contributed by atoms with Gasteiger partial charge in [-0.3, -0.25) is 14.5 Å². The average molecular weight is 530 g/mol. The van der Waals surface area contributed by atoms with Crippen molar-refractivity contribution in [1.29, 1.82) is 0 Å². The second kappa shape index (κ2) is 12.5. The summed E-state index contributed by atoms with van der Waals surface area (Å²) in [5, 5.41) is 11.4. The topological polar surface area (TPSA) is 85.3 Å². The van der Waals surface area contributed by atoms with Gasteiger partial charge in [-0.15, -0.1) is 0 Å². The molecule has 0 radical (unpaired) electrons. The molecule has 3 aromatic carbocycles. The van der Waals surface area contributed by atoms with Crippen LogP contribution in [0.2, 0.25) is 0 Å². The van der Waals surface area contributed by atoms with Gasteiger partial charge in [0.25, 0.3) is 11.7 Å². The van der Waals surface area contributed by atoms with Crippen molar-refractivity contribution in [2.45, 2.75) is 52.2 Å². The summed E-state index contributed by atoms with van der Waals surface area (Å²) in [6.07, 6.45) is 3.11. The highest BCUT2D eigenvalue weighted by molar-refractivity contribution is 6.51. The molecule has 1 unspecified atom stereocenters. The van der Waals surface area contributed by atoms with Gasteiger partial charge in [0.2, 0.25) is 0 Å². The average Bonchev–Trinajstić information content (AvgIpc) is 3.21. The number of aliphatic hydroxyl groups excluding tert-OH is 1. The van der Waals surface area contributed by atoms with Gasteiger partial charge in [-0.25, -0.2) is 0 Å². The highest BCUT2D eigenvalue weighted by Gasteiger charge is 2.47. The maximum Gasteiger partial charge on any atom is 0.300 e. The van der Waals surface area contributed by atoms with E-state index in [0.717, 1.165) is 19.3 Å². The minimum absolute atomic E-state index is 0.00845. The first-order valence-corrected chi connectivity index (χ1v) is 13.3. The van der Waals surface area contributed by atoms with Gasteiger partial charge in [-0.2, -0.15) is 0 Å². The van der Waals surface area contributed by atoms with Gasteiger partial charge in [0.05, 0.1) is 31.4 Å². The Hall–Kier alpha value is -4.26. The molecule has 7 heteroatoms. The smallest absolute Gasteiger partial charge is 0.300 e. The van der Waals surface area contributed by atoms with Gasteiger partial charge in [-0.1, -0.05) is 31.9 Å². The fourth-order valence-electron chi connectivity index (χ4n) is 4.59. The number of amides is 1. The quantitative estimate of drug-likeness (QED) is 0.129. The summed E-state index contributed by atoms with van der Waals surface area (Å²) in [5.41, 5.74) is 1.57. The fourth-order valence-corrected chi connectivity index (χ4v) is 4.59. The third-order valence-electron chi connectivity index (χ3n) is 6.49. The van der Waals surface area contributed by atoms with Crippen molar-refractivity contribution in [1.82, 2.24) is 0 Å². The first-order chi connectivity index (χ1) is 18.8. The molecular weight excluding hydrogens is 494 g/mol. The maximum atomic E-state index is 13.5. The number of benzene rings is 3. The Morgan fingerprint density at radius 1 is 0.923 bits per heavy atom. The van der Waals surface area contributed by atoms with Crippen LogP contribution in [0.3, 0.4) is 0 Å². The van der Waals surface area contributed by atoms with Gasteiger partial charge < -0.3 is 19.3 Å². The largest absolute Gasteiger partial charge is 0.507 e. The third kappa shape index (κ3) is 6.25. The summed E-state index contributed by atoms with van der Waals surface area (Å²) in [6.45, 7) is 6.60. The Morgan fingerprint density at radius 3 is 2.26 bits per heavy atom. The normalized spacial score (nSPS) is 16.5. The van der Waals surface area contributed by atoms with E-state index in [9.17, 15) is 14.7 Å². The Bertz CT molecular complexity index is 1330. The van der Waals surface area contributed by atoms with Gasteiger partial charge in [-0.05, 0) is 86.5 Å². The predicted molar refractivity (Wildman–Crippen MR) is 151 cm³/mol. The lowest BCUT2D eigenvalue weighted by molar-refractivity contribution is -0.132. The lowest BCUT2D eigenvalue weighted by Gasteiger charge is -2.26. The van der Waals surface area contributed by atoms with Crippen LogP contribution in [-0.2, 0) is 9.59 Å². The van der Waals surface area contributed by atoms with Crippen LogP contribution in [0.4, 0.5) is 5.69 Å². The summed E-state index contributed by atoms with van der Waals surface area (Å²) in [6, 6.07) is 20.2. The molecule has 3 aromatic rings. The molecule has 1 aliphatic heterocycles. The molecule has 1 amide bonds. The number of hydrogen-bond donors (Lipinski definition) is 1. The first-order valence-electron chi connectivity index (χ1n) is 13.3. The molecular formula is C32H35NO6. The van der Waals surface area contributed by atoms with Crippen molar-refractivity contribution in [3.8, 4) is 17.2 Å². The Morgan fingerprint density at radius 2 is 1.62 bits per heavy atom. The van der Waals surface area contributed by atoms with E-state index >= 15 is 0 Å². The number of anilines is 1. The molecule has 39 heavy (non-hydrogen) atoms. The second-order valence-corrected chi connectivity index (χ2v) is 9.69. The SMILES string of the molecule is CCCCCOc1ccc(/C(O)=C2/C(=O)C(=O)N(c3ccc(OC)cc3)C2c2cccc(OC(C)C)c2)cc1. The van der Waals surface area contributed by atoms with Gasteiger partial charge in [0.15, 0.2) is 0 Å². The lowest BCUT2D eigenvalue weighted by atomic mass is 9.95. The summed E-state index contributed by atoms with van der Waals surface area (Å²) in [5.74, 6) is 0.170. The lowest BCUT2D eigenvalue weighted by Crippen LogP contribution is -2.29. The molecule has 1 saturated heterocycles. The van der Waals surface area contributed by atoms with Crippen LogP contribution in [0.25, 0.3) is 5.76 Å². The van der Waals surface area contributed by atoms with E-state index in [-0.39, 0.29) is 17.4 Å². The van der Waals surface area contributed by atoms with Crippen LogP contribution in [0.15, 0.2) is 78.4 Å².